The lowest BCUT2D eigenvalue weighted by atomic mass is 10.1. The number of amides is 1. The van der Waals surface area contributed by atoms with Gasteiger partial charge >= 0.3 is 0 Å². The summed E-state index contributed by atoms with van der Waals surface area (Å²) in [4.78, 5) is 12.5. The molecular formula is C23H22Cl2N2O4S. The lowest BCUT2D eigenvalue weighted by molar-refractivity contribution is -0.122. The molecule has 6 nitrogen and oxygen atoms in total. The molecule has 1 atom stereocenters. The number of benzene rings is 3. The number of ether oxygens (including phenoxy) is 1. The Bertz CT molecular complexity index is 1250. The van der Waals surface area contributed by atoms with E-state index in [9.17, 15) is 13.2 Å². The Balaban J connectivity index is 1.67. The summed E-state index contributed by atoms with van der Waals surface area (Å²) < 4.78 is 33.5. The van der Waals surface area contributed by atoms with Gasteiger partial charge in [-0.05, 0) is 80.4 Å². The minimum Gasteiger partial charge on any atom is -0.481 e. The minimum absolute atomic E-state index is 0.0150. The van der Waals surface area contributed by atoms with Crippen LogP contribution in [0.5, 0.6) is 5.75 Å². The molecule has 0 radical (unpaired) electrons. The van der Waals surface area contributed by atoms with Crippen molar-refractivity contribution >= 4 is 50.5 Å². The van der Waals surface area contributed by atoms with Crippen LogP contribution in [0.4, 0.5) is 11.4 Å². The van der Waals surface area contributed by atoms with Crippen LogP contribution >= 0.6 is 23.2 Å². The van der Waals surface area contributed by atoms with E-state index < -0.39 is 16.1 Å². The van der Waals surface area contributed by atoms with Gasteiger partial charge in [0.15, 0.2) is 6.10 Å². The molecule has 32 heavy (non-hydrogen) atoms. The van der Waals surface area contributed by atoms with Crippen molar-refractivity contribution in [2.75, 3.05) is 10.0 Å². The summed E-state index contributed by atoms with van der Waals surface area (Å²) in [5, 5.41) is 3.30. The van der Waals surface area contributed by atoms with E-state index in [1.54, 1.807) is 6.92 Å². The number of halogens is 2. The number of aryl methyl sites for hydroxylation is 1. The minimum atomic E-state index is -3.87. The molecule has 0 saturated heterocycles. The summed E-state index contributed by atoms with van der Waals surface area (Å²) in [6.07, 6.45) is -0.743. The fourth-order valence-electron chi connectivity index (χ4n) is 2.83. The van der Waals surface area contributed by atoms with E-state index in [1.165, 1.54) is 42.5 Å². The van der Waals surface area contributed by atoms with Crippen LogP contribution < -0.4 is 14.8 Å². The average Bonchev–Trinajstić information content (AvgIpc) is 2.74. The summed E-state index contributed by atoms with van der Waals surface area (Å²) in [7, 11) is -3.87. The first-order valence-corrected chi connectivity index (χ1v) is 11.9. The van der Waals surface area contributed by atoms with Crippen LogP contribution in [0.15, 0.2) is 65.6 Å². The molecule has 2 N–H and O–H groups in total. The molecule has 0 bridgehead atoms. The van der Waals surface area contributed by atoms with Crippen molar-refractivity contribution in [2.24, 2.45) is 0 Å². The number of sulfonamides is 1. The standard InChI is InChI=1S/C23H22Cl2N2O4S/c1-14-5-4-6-22(15(14)2)31-16(3)23(28)26-18-8-10-19(11-9-18)32(29,30)27-21-12-7-17(24)13-20(21)25/h4-13,16,27H,1-3H3,(H,26,28). The summed E-state index contributed by atoms with van der Waals surface area (Å²) in [5.74, 6) is 0.286. The van der Waals surface area contributed by atoms with Crippen LogP contribution in [-0.4, -0.2) is 20.4 Å². The third-order valence-corrected chi connectivity index (χ3v) is 6.76. The topological polar surface area (TPSA) is 84.5 Å². The van der Waals surface area contributed by atoms with Crippen molar-refractivity contribution in [3.05, 3.63) is 81.8 Å². The van der Waals surface area contributed by atoms with Crippen LogP contribution in [0.1, 0.15) is 18.1 Å². The van der Waals surface area contributed by atoms with Crippen molar-refractivity contribution in [2.45, 2.75) is 31.8 Å². The van der Waals surface area contributed by atoms with Gasteiger partial charge in [0.1, 0.15) is 5.75 Å². The quantitative estimate of drug-likeness (QED) is 0.435. The molecule has 168 valence electrons. The average molecular weight is 493 g/mol. The van der Waals surface area contributed by atoms with E-state index in [2.05, 4.69) is 10.0 Å². The Morgan fingerprint density at radius 3 is 2.34 bits per heavy atom. The Kier molecular flexibility index (Phi) is 7.33. The number of carbonyl (C=O) groups excluding carboxylic acids is 1. The third-order valence-electron chi connectivity index (χ3n) is 4.84. The highest BCUT2D eigenvalue weighted by molar-refractivity contribution is 7.92. The summed E-state index contributed by atoms with van der Waals surface area (Å²) >= 11 is 11.9. The lowest BCUT2D eigenvalue weighted by Gasteiger charge is -2.17. The molecule has 0 saturated carbocycles. The van der Waals surface area contributed by atoms with E-state index >= 15 is 0 Å². The Morgan fingerprint density at radius 1 is 1.00 bits per heavy atom. The molecule has 0 aliphatic heterocycles. The molecule has 0 heterocycles. The molecule has 0 aliphatic rings. The smallest absolute Gasteiger partial charge is 0.265 e. The monoisotopic (exact) mass is 492 g/mol. The van der Waals surface area contributed by atoms with Crippen molar-refractivity contribution in [1.29, 1.82) is 0 Å². The molecular weight excluding hydrogens is 471 g/mol. The second kappa shape index (κ2) is 9.81. The highest BCUT2D eigenvalue weighted by Gasteiger charge is 2.18. The van der Waals surface area contributed by atoms with E-state index in [4.69, 9.17) is 27.9 Å². The predicted octanol–water partition coefficient (Wildman–Crippen LogP) is 5.82. The van der Waals surface area contributed by atoms with Gasteiger partial charge in [-0.1, -0.05) is 35.3 Å². The van der Waals surface area contributed by atoms with Crippen LogP contribution in [0.25, 0.3) is 0 Å². The molecule has 3 aromatic rings. The third kappa shape index (κ3) is 5.73. The molecule has 1 amide bonds. The maximum Gasteiger partial charge on any atom is 0.265 e. The second-order valence-corrected chi connectivity index (χ2v) is 9.73. The van der Waals surface area contributed by atoms with Crippen molar-refractivity contribution in [1.82, 2.24) is 0 Å². The number of anilines is 2. The first-order chi connectivity index (χ1) is 15.1. The van der Waals surface area contributed by atoms with Crippen LogP contribution in [0.3, 0.4) is 0 Å². The fraction of sp³-hybridized carbons (Fsp3) is 0.174. The molecule has 3 rings (SSSR count). The fourth-order valence-corrected chi connectivity index (χ4v) is 4.42. The summed E-state index contributed by atoms with van der Waals surface area (Å²) in [5.41, 5.74) is 2.69. The van der Waals surface area contributed by atoms with E-state index in [0.717, 1.165) is 11.1 Å². The normalized spacial score (nSPS) is 12.2. The Morgan fingerprint density at radius 2 is 1.69 bits per heavy atom. The van der Waals surface area contributed by atoms with Gasteiger partial charge in [-0.15, -0.1) is 0 Å². The van der Waals surface area contributed by atoms with Gasteiger partial charge in [0.2, 0.25) is 0 Å². The Hall–Kier alpha value is -2.74. The zero-order valence-electron chi connectivity index (χ0n) is 17.6. The van der Waals surface area contributed by atoms with Gasteiger partial charge in [0.05, 0.1) is 15.6 Å². The van der Waals surface area contributed by atoms with Gasteiger partial charge in [0.25, 0.3) is 15.9 Å². The SMILES string of the molecule is Cc1cccc(OC(C)C(=O)Nc2ccc(S(=O)(=O)Nc3ccc(Cl)cc3Cl)cc2)c1C. The number of hydrogen-bond donors (Lipinski definition) is 2. The van der Waals surface area contributed by atoms with Gasteiger partial charge in [-0.2, -0.15) is 0 Å². The van der Waals surface area contributed by atoms with Gasteiger partial charge in [-0.25, -0.2) is 8.42 Å². The van der Waals surface area contributed by atoms with E-state index in [1.807, 2.05) is 32.0 Å². The summed E-state index contributed by atoms with van der Waals surface area (Å²) in [6, 6.07) is 15.9. The van der Waals surface area contributed by atoms with Gasteiger partial charge < -0.3 is 10.1 Å². The van der Waals surface area contributed by atoms with Gasteiger partial charge in [-0.3, -0.25) is 9.52 Å². The van der Waals surface area contributed by atoms with Crippen molar-refractivity contribution in [3.63, 3.8) is 0 Å². The highest BCUT2D eigenvalue weighted by atomic mass is 35.5. The zero-order chi connectivity index (χ0) is 23.5. The highest BCUT2D eigenvalue weighted by Crippen LogP contribution is 2.28. The van der Waals surface area contributed by atoms with Crippen LogP contribution in [0.2, 0.25) is 10.0 Å². The number of rotatable bonds is 7. The first-order valence-electron chi connectivity index (χ1n) is 9.68. The van der Waals surface area contributed by atoms with Crippen LogP contribution in [-0.2, 0) is 14.8 Å². The molecule has 0 aliphatic carbocycles. The second-order valence-electron chi connectivity index (χ2n) is 7.20. The number of carbonyl (C=O) groups is 1. The van der Waals surface area contributed by atoms with Crippen molar-refractivity contribution in [3.8, 4) is 5.75 Å². The molecule has 3 aromatic carbocycles. The molecule has 0 fully saturated rings. The molecule has 1 unspecified atom stereocenters. The first kappa shape index (κ1) is 23.9. The molecule has 0 aromatic heterocycles. The summed E-state index contributed by atoms with van der Waals surface area (Å²) in [6.45, 7) is 5.55. The van der Waals surface area contributed by atoms with Gasteiger partial charge in [0, 0.05) is 10.7 Å². The van der Waals surface area contributed by atoms with Crippen molar-refractivity contribution < 1.29 is 17.9 Å². The lowest BCUT2D eigenvalue weighted by Crippen LogP contribution is -2.30. The zero-order valence-corrected chi connectivity index (χ0v) is 20.0. The molecule has 0 spiro atoms. The van der Waals surface area contributed by atoms with E-state index in [0.29, 0.717) is 16.5 Å². The Labute approximate surface area is 197 Å². The maximum atomic E-state index is 12.6. The number of nitrogens with one attached hydrogen (secondary N) is 2. The molecule has 9 heteroatoms. The predicted molar refractivity (Wildman–Crippen MR) is 128 cm³/mol. The largest absolute Gasteiger partial charge is 0.481 e. The van der Waals surface area contributed by atoms with E-state index in [-0.39, 0.29) is 21.5 Å². The maximum absolute atomic E-state index is 12.6. The van der Waals surface area contributed by atoms with Crippen LogP contribution in [0, 0.1) is 13.8 Å². The number of hydrogen-bond acceptors (Lipinski definition) is 4.